The van der Waals surface area contributed by atoms with Crippen LogP contribution in [0.3, 0.4) is 0 Å². The zero-order chi connectivity index (χ0) is 36.7. The number of hydrogen-bond donors (Lipinski definition) is 0. The molecule has 0 rings (SSSR count). The van der Waals surface area contributed by atoms with Gasteiger partial charge >= 0.3 is 0 Å². The van der Waals surface area contributed by atoms with E-state index < -0.39 is 0 Å². The van der Waals surface area contributed by atoms with Crippen molar-refractivity contribution < 1.29 is 8.97 Å². The second-order valence-electron chi connectivity index (χ2n) is 18.5. The summed E-state index contributed by atoms with van der Waals surface area (Å²) in [5, 5.41) is 0. The normalized spacial score (nSPS) is 12.4. The number of hydrogen-bond acceptors (Lipinski definition) is 0. The van der Waals surface area contributed by atoms with Crippen LogP contribution in [0.15, 0.2) is 0 Å². The maximum Gasteiger partial charge on any atom is 0.0782 e. The minimum absolute atomic E-state index is 1.24. The summed E-state index contributed by atoms with van der Waals surface area (Å²) in [5.41, 5.74) is 0. The molecule has 0 amide bonds. The van der Waals surface area contributed by atoms with Crippen LogP contribution in [0.5, 0.6) is 0 Å². The van der Waals surface area contributed by atoms with Crippen LogP contribution in [-0.2, 0) is 0 Å². The molecule has 0 aromatic heterocycles. The van der Waals surface area contributed by atoms with E-state index in [9.17, 15) is 0 Å². The van der Waals surface area contributed by atoms with Crippen LogP contribution in [0.25, 0.3) is 0 Å². The molecule has 0 saturated carbocycles. The molecule has 2 nitrogen and oxygen atoms in total. The van der Waals surface area contributed by atoms with E-state index in [1.165, 1.54) is 279 Å². The first kappa shape index (κ1) is 49.9. The zero-order valence-corrected chi connectivity index (χ0v) is 36.6. The molecule has 50 heavy (non-hydrogen) atoms. The molecular formula is C48H102N2+2. The molecule has 0 fully saturated rings. The van der Waals surface area contributed by atoms with Gasteiger partial charge < -0.3 is 8.97 Å². The summed E-state index contributed by atoms with van der Waals surface area (Å²) in [6.07, 6.45) is 55.5. The first-order valence-electron chi connectivity index (χ1n) is 24.0. The summed E-state index contributed by atoms with van der Waals surface area (Å²) in [6, 6.07) is 0. The highest BCUT2D eigenvalue weighted by atomic mass is 15.3. The Morgan fingerprint density at radius 3 is 0.440 bits per heavy atom. The van der Waals surface area contributed by atoms with Crippen molar-refractivity contribution in [1.82, 2.24) is 0 Å². The molecule has 0 aliphatic heterocycles. The van der Waals surface area contributed by atoms with Crippen LogP contribution in [0, 0.1) is 0 Å². The van der Waals surface area contributed by atoms with Gasteiger partial charge in [0.2, 0.25) is 0 Å². The molecule has 0 aromatic carbocycles. The van der Waals surface area contributed by atoms with Crippen molar-refractivity contribution in [3.63, 3.8) is 0 Å². The van der Waals surface area contributed by atoms with Gasteiger partial charge in [-0.3, -0.25) is 0 Å². The third kappa shape index (κ3) is 40.7. The third-order valence-corrected chi connectivity index (χ3v) is 12.0. The summed E-state index contributed by atoms with van der Waals surface area (Å²) in [7, 11) is 9.87. The summed E-state index contributed by atoms with van der Waals surface area (Å²) < 4.78 is 2.49. The Kier molecular flexibility index (Phi) is 38.6. The van der Waals surface area contributed by atoms with Crippen LogP contribution in [0.4, 0.5) is 0 Å². The molecule has 0 radical (unpaired) electrons. The van der Waals surface area contributed by atoms with Crippen molar-refractivity contribution in [2.45, 2.75) is 258 Å². The maximum absolute atomic E-state index is 2.47. The molecule has 0 bridgehead atoms. The van der Waals surface area contributed by atoms with E-state index in [0.717, 1.165) is 0 Å². The standard InChI is InChI=1S/C48H102N2/c1-7-9-11-13-15-17-29-33-37-41-45-49(3,4)47-43-39-35-31-27-25-23-21-19-20-22-24-26-28-32-36-40-44-48-50(5,6)46-42-38-34-30-18-16-14-12-10-8-2/h7-48H2,1-6H3/q+2. The van der Waals surface area contributed by atoms with E-state index in [1.54, 1.807) is 0 Å². The lowest BCUT2D eigenvalue weighted by Crippen LogP contribution is -2.41. The molecule has 0 aromatic rings. The summed E-state index contributed by atoms with van der Waals surface area (Å²) >= 11 is 0. The highest BCUT2D eigenvalue weighted by Crippen LogP contribution is 2.17. The lowest BCUT2D eigenvalue weighted by molar-refractivity contribution is -0.890. The molecule has 0 unspecified atom stereocenters. The molecule has 2 heteroatoms. The minimum Gasteiger partial charge on any atom is -0.328 e. The second kappa shape index (κ2) is 38.6. The van der Waals surface area contributed by atoms with Gasteiger partial charge in [0, 0.05) is 0 Å². The van der Waals surface area contributed by atoms with Crippen molar-refractivity contribution in [2.24, 2.45) is 0 Å². The SMILES string of the molecule is CCCCCCCCCCCC[N+](C)(C)CCCCCCCCCCCCCCCCCCCC[N+](C)(C)CCCCCCCCCCCC. The quantitative estimate of drug-likeness (QED) is 0.0437. The number of unbranched alkanes of at least 4 members (excludes halogenated alkanes) is 35. The highest BCUT2D eigenvalue weighted by molar-refractivity contribution is 4.53. The Labute approximate surface area is 320 Å². The van der Waals surface area contributed by atoms with Gasteiger partial charge in [-0.2, -0.15) is 0 Å². The first-order chi connectivity index (χ1) is 24.3. The van der Waals surface area contributed by atoms with Crippen molar-refractivity contribution >= 4 is 0 Å². The van der Waals surface area contributed by atoms with Gasteiger partial charge in [-0.15, -0.1) is 0 Å². The molecule has 0 saturated heterocycles. The highest BCUT2D eigenvalue weighted by Gasteiger charge is 2.14. The Hall–Kier alpha value is -0.0800. The fourth-order valence-corrected chi connectivity index (χ4v) is 8.19. The average Bonchev–Trinajstić information content (AvgIpc) is 3.09. The van der Waals surface area contributed by atoms with E-state index in [2.05, 4.69) is 42.0 Å². The number of nitrogens with zero attached hydrogens (tertiary/aromatic N) is 2. The van der Waals surface area contributed by atoms with E-state index in [1.807, 2.05) is 0 Å². The molecule has 302 valence electrons. The van der Waals surface area contributed by atoms with E-state index in [4.69, 9.17) is 0 Å². The molecule has 0 heterocycles. The van der Waals surface area contributed by atoms with Crippen molar-refractivity contribution in [3.8, 4) is 0 Å². The monoisotopic (exact) mass is 707 g/mol. The molecule has 0 spiro atoms. The van der Waals surface area contributed by atoms with Crippen molar-refractivity contribution in [1.29, 1.82) is 0 Å². The smallest absolute Gasteiger partial charge is 0.0782 e. The van der Waals surface area contributed by atoms with Crippen LogP contribution >= 0.6 is 0 Å². The van der Waals surface area contributed by atoms with Gasteiger partial charge in [-0.05, 0) is 51.4 Å². The van der Waals surface area contributed by atoms with Gasteiger partial charge in [0.1, 0.15) is 0 Å². The summed E-state index contributed by atoms with van der Waals surface area (Å²) in [6.45, 7) is 10.2. The van der Waals surface area contributed by atoms with E-state index in [0.29, 0.717) is 0 Å². The molecule has 0 N–H and O–H groups in total. The lowest BCUT2D eigenvalue weighted by Gasteiger charge is -2.30. The Bertz CT molecular complexity index is 572. The first-order valence-corrected chi connectivity index (χ1v) is 24.0. The molecule has 0 atom stereocenters. The predicted octanol–water partition coefficient (Wildman–Crippen LogP) is 16.0. The Balaban J connectivity index is 3.32. The molecular weight excluding hydrogens is 605 g/mol. The van der Waals surface area contributed by atoms with Crippen LogP contribution in [0.1, 0.15) is 258 Å². The van der Waals surface area contributed by atoms with Crippen LogP contribution in [0.2, 0.25) is 0 Å². The minimum atomic E-state index is 1.24. The zero-order valence-electron chi connectivity index (χ0n) is 36.6. The lowest BCUT2D eigenvalue weighted by atomic mass is 10.0. The topological polar surface area (TPSA) is 0 Å². The number of quaternary nitrogens is 2. The van der Waals surface area contributed by atoms with Gasteiger partial charge in [0.15, 0.2) is 0 Å². The van der Waals surface area contributed by atoms with Gasteiger partial charge in [-0.1, -0.05) is 206 Å². The Morgan fingerprint density at radius 1 is 0.180 bits per heavy atom. The molecule has 0 aliphatic rings. The van der Waals surface area contributed by atoms with Gasteiger partial charge in [0.05, 0.1) is 54.4 Å². The van der Waals surface area contributed by atoms with Crippen molar-refractivity contribution in [3.05, 3.63) is 0 Å². The fourth-order valence-electron chi connectivity index (χ4n) is 8.19. The van der Waals surface area contributed by atoms with Crippen LogP contribution < -0.4 is 0 Å². The van der Waals surface area contributed by atoms with Gasteiger partial charge in [-0.25, -0.2) is 0 Å². The van der Waals surface area contributed by atoms with Crippen molar-refractivity contribution in [2.75, 3.05) is 54.4 Å². The third-order valence-electron chi connectivity index (χ3n) is 12.0. The average molecular weight is 707 g/mol. The van der Waals surface area contributed by atoms with Gasteiger partial charge in [0.25, 0.3) is 0 Å². The summed E-state index contributed by atoms with van der Waals surface area (Å²) in [4.78, 5) is 0. The fraction of sp³-hybridized carbons (Fsp3) is 1.00. The van der Waals surface area contributed by atoms with E-state index >= 15 is 0 Å². The van der Waals surface area contributed by atoms with Crippen LogP contribution in [-0.4, -0.2) is 63.3 Å². The van der Waals surface area contributed by atoms with E-state index in [-0.39, 0.29) is 0 Å². The maximum atomic E-state index is 2.47. The Morgan fingerprint density at radius 2 is 0.300 bits per heavy atom. The second-order valence-corrected chi connectivity index (χ2v) is 18.5. The predicted molar refractivity (Wildman–Crippen MR) is 230 cm³/mol. The number of rotatable bonds is 43. The molecule has 0 aliphatic carbocycles. The largest absolute Gasteiger partial charge is 0.328 e. The summed E-state index contributed by atoms with van der Waals surface area (Å²) in [5.74, 6) is 0.